The summed E-state index contributed by atoms with van der Waals surface area (Å²) in [7, 11) is -0.934. The number of nitrogens with one attached hydrogen (secondary N) is 1. The molecule has 0 aromatic heterocycles. The number of urea groups is 1. The molecule has 2 atom stereocenters. The van der Waals surface area contributed by atoms with Gasteiger partial charge in [0.1, 0.15) is 0 Å². The van der Waals surface area contributed by atoms with Crippen molar-refractivity contribution in [2.75, 3.05) is 18.8 Å². The van der Waals surface area contributed by atoms with Crippen molar-refractivity contribution in [3.8, 4) is 0 Å². The topological polar surface area (TPSA) is 49.4 Å². The van der Waals surface area contributed by atoms with Crippen LogP contribution in [-0.4, -0.2) is 40.0 Å². The van der Waals surface area contributed by atoms with Gasteiger partial charge in [-0.15, -0.1) is 0 Å². The summed E-state index contributed by atoms with van der Waals surface area (Å²) in [5.41, 5.74) is 1.08. The van der Waals surface area contributed by atoms with E-state index >= 15 is 0 Å². The van der Waals surface area contributed by atoms with Gasteiger partial charge in [0.05, 0.1) is 0 Å². The number of hydrogen-bond acceptors (Lipinski definition) is 2. The van der Waals surface area contributed by atoms with Gasteiger partial charge < -0.3 is 10.2 Å². The molecule has 2 rings (SSSR count). The first-order valence-electron chi connectivity index (χ1n) is 7.60. The number of nitrogens with zero attached hydrogens (tertiary/aromatic N) is 1. The molecule has 0 aliphatic carbocycles. The highest BCUT2D eigenvalue weighted by molar-refractivity contribution is 7.84. The quantitative estimate of drug-likeness (QED) is 0.908. The third kappa shape index (κ3) is 5.16. The number of amides is 2. The van der Waals surface area contributed by atoms with Crippen LogP contribution in [0.3, 0.4) is 0 Å². The molecule has 0 radical (unpaired) electrons. The Morgan fingerprint density at radius 3 is 2.81 bits per heavy atom. The maximum atomic E-state index is 12.1. The van der Waals surface area contributed by atoms with Crippen molar-refractivity contribution in [2.45, 2.75) is 38.0 Å². The van der Waals surface area contributed by atoms with Gasteiger partial charge in [-0.2, -0.15) is 0 Å². The predicted octanol–water partition coefficient (Wildman–Crippen LogP) is 2.52. The highest BCUT2D eigenvalue weighted by atomic mass is 32.2. The number of likely N-dealkylation sites (tertiary alicyclic amines) is 1. The van der Waals surface area contributed by atoms with Crippen molar-refractivity contribution in [1.29, 1.82) is 0 Å². The summed E-state index contributed by atoms with van der Waals surface area (Å²) in [4.78, 5) is 14.0. The fourth-order valence-electron chi connectivity index (χ4n) is 2.61. The molecule has 4 nitrogen and oxygen atoms in total. The van der Waals surface area contributed by atoms with Crippen molar-refractivity contribution in [3.63, 3.8) is 0 Å². The lowest BCUT2D eigenvalue weighted by Crippen LogP contribution is -2.48. The summed E-state index contributed by atoms with van der Waals surface area (Å²) in [6.45, 7) is 3.40. The van der Waals surface area contributed by atoms with Crippen LogP contribution in [0.1, 0.15) is 31.7 Å². The van der Waals surface area contributed by atoms with Crippen LogP contribution in [-0.2, 0) is 16.6 Å². The van der Waals surface area contributed by atoms with E-state index in [2.05, 4.69) is 12.2 Å². The molecule has 2 amide bonds. The highest BCUT2D eigenvalue weighted by Gasteiger charge is 2.22. The summed E-state index contributed by atoms with van der Waals surface area (Å²) in [5.74, 6) is 1.06. The molecule has 1 saturated heterocycles. The van der Waals surface area contributed by atoms with Crippen molar-refractivity contribution < 1.29 is 9.00 Å². The van der Waals surface area contributed by atoms with Crippen molar-refractivity contribution in [1.82, 2.24) is 10.2 Å². The molecule has 1 aromatic carbocycles. The number of piperidine rings is 1. The van der Waals surface area contributed by atoms with E-state index in [0.717, 1.165) is 24.9 Å². The lowest BCUT2D eigenvalue weighted by molar-refractivity contribution is 0.159. The second kappa shape index (κ2) is 8.17. The van der Waals surface area contributed by atoms with E-state index in [0.29, 0.717) is 24.1 Å². The number of rotatable bonds is 5. The minimum absolute atomic E-state index is 0.0149. The minimum atomic E-state index is -0.934. The Hall–Kier alpha value is -1.36. The molecule has 0 unspecified atom stereocenters. The van der Waals surface area contributed by atoms with Crippen molar-refractivity contribution >= 4 is 16.8 Å². The largest absolute Gasteiger partial charge is 0.337 e. The Morgan fingerprint density at radius 2 is 2.10 bits per heavy atom. The number of benzene rings is 1. The van der Waals surface area contributed by atoms with Crippen LogP contribution in [0.15, 0.2) is 30.3 Å². The van der Waals surface area contributed by atoms with E-state index in [4.69, 9.17) is 0 Å². The fourth-order valence-corrected chi connectivity index (χ4v) is 3.64. The zero-order chi connectivity index (χ0) is 15.1. The number of carbonyl (C=O) groups is 1. The van der Waals surface area contributed by atoms with Crippen LogP contribution in [0.25, 0.3) is 0 Å². The van der Waals surface area contributed by atoms with E-state index in [-0.39, 0.29) is 6.03 Å². The molecule has 1 aliphatic rings. The maximum Gasteiger partial charge on any atom is 0.317 e. The first-order valence-corrected chi connectivity index (χ1v) is 9.09. The molecule has 1 N–H and O–H groups in total. The molecule has 1 fully saturated rings. The smallest absolute Gasteiger partial charge is 0.317 e. The van der Waals surface area contributed by atoms with Crippen LogP contribution >= 0.6 is 0 Å². The predicted molar refractivity (Wildman–Crippen MR) is 86.6 cm³/mol. The minimum Gasteiger partial charge on any atom is -0.337 e. The van der Waals surface area contributed by atoms with Crippen molar-refractivity contribution in [2.24, 2.45) is 0 Å². The molecular formula is C16H24N2O2S. The highest BCUT2D eigenvalue weighted by Crippen LogP contribution is 2.15. The third-order valence-electron chi connectivity index (χ3n) is 3.84. The van der Waals surface area contributed by atoms with Gasteiger partial charge in [0, 0.05) is 41.4 Å². The van der Waals surface area contributed by atoms with E-state index in [1.807, 2.05) is 35.2 Å². The molecule has 0 saturated carbocycles. The molecule has 1 heterocycles. The van der Waals surface area contributed by atoms with E-state index in [9.17, 15) is 9.00 Å². The third-order valence-corrected chi connectivity index (χ3v) is 5.16. The van der Waals surface area contributed by atoms with E-state index in [1.165, 1.54) is 6.42 Å². The SMILES string of the molecule is C[C@@H]1CCCCN1C(=O)NCC[S@](=O)Cc1ccccc1. The van der Waals surface area contributed by atoms with Crippen LogP contribution in [0, 0.1) is 0 Å². The second-order valence-corrected chi connectivity index (χ2v) is 7.12. The summed E-state index contributed by atoms with van der Waals surface area (Å²) < 4.78 is 12.0. The Bertz CT molecular complexity index is 478. The lowest BCUT2D eigenvalue weighted by Gasteiger charge is -2.33. The second-order valence-electron chi connectivity index (χ2n) is 5.54. The van der Waals surface area contributed by atoms with Gasteiger partial charge in [-0.1, -0.05) is 30.3 Å². The zero-order valence-electron chi connectivity index (χ0n) is 12.6. The van der Waals surface area contributed by atoms with Crippen molar-refractivity contribution in [3.05, 3.63) is 35.9 Å². The Labute approximate surface area is 129 Å². The molecule has 1 aliphatic heterocycles. The first-order chi connectivity index (χ1) is 10.2. The van der Waals surface area contributed by atoms with Gasteiger partial charge in [-0.3, -0.25) is 4.21 Å². The van der Waals surface area contributed by atoms with Gasteiger partial charge in [0.2, 0.25) is 0 Å². The van der Waals surface area contributed by atoms with Crippen LogP contribution in [0.2, 0.25) is 0 Å². The summed E-state index contributed by atoms with van der Waals surface area (Å²) >= 11 is 0. The standard InChI is InChI=1S/C16H24N2O2S/c1-14-7-5-6-11-18(14)16(19)17-10-12-21(20)13-15-8-3-2-4-9-15/h2-4,8-9,14H,5-7,10-13H2,1H3,(H,17,19)/t14-,21+/m1/s1. The van der Waals surface area contributed by atoms with Gasteiger partial charge in [-0.25, -0.2) is 4.79 Å². The number of carbonyl (C=O) groups excluding carboxylic acids is 1. The van der Waals surface area contributed by atoms with Crippen LogP contribution in [0.4, 0.5) is 4.79 Å². The molecule has 0 spiro atoms. The lowest BCUT2D eigenvalue weighted by atomic mass is 10.0. The molecule has 21 heavy (non-hydrogen) atoms. The Morgan fingerprint density at radius 1 is 1.33 bits per heavy atom. The van der Waals surface area contributed by atoms with E-state index < -0.39 is 10.8 Å². The zero-order valence-corrected chi connectivity index (χ0v) is 13.4. The van der Waals surface area contributed by atoms with Gasteiger partial charge in [0.15, 0.2) is 0 Å². The van der Waals surface area contributed by atoms with Gasteiger partial charge in [0.25, 0.3) is 0 Å². The molecule has 116 valence electrons. The van der Waals surface area contributed by atoms with Gasteiger partial charge >= 0.3 is 6.03 Å². The average Bonchev–Trinajstić information content (AvgIpc) is 2.48. The number of hydrogen-bond donors (Lipinski definition) is 1. The molecular weight excluding hydrogens is 284 g/mol. The Kier molecular flexibility index (Phi) is 6.23. The first kappa shape index (κ1) is 16.0. The monoisotopic (exact) mass is 308 g/mol. The average molecular weight is 308 g/mol. The summed E-state index contributed by atoms with van der Waals surface area (Å²) in [5, 5.41) is 2.89. The summed E-state index contributed by atoms with van der Waals surface area (Å²) in [6, 6.07) is 10.1. The normalized spacial score (nSPS) is 20.0. The van der Waals surface area contributed by atoms with Gasteiger partial charge in [-0.05, 0) is 31.7 Å². The van der Waals surface area contributed by atoms with Crippen LogP contribution in [0.5, 0.6) is 0 Å². The molecule has 1 aromatic rings. The summed E-state index contributed by atoms with van der Waals surface area (Å²) in [6.07, 6.45) is 3.36. The maximum absolute atomic E-state index is 12.1. The molecule has 0 bridgehead atoms. The van der Waals surface area contributed by atoms with Crippen LogP contribution < -0.4 is 5.32 Å². The Balaban J connectivity index is 1.69. The fraction of sp³-hybridized carbons (Fsp3) is 0.562. The van der Waals surface area contributed by atoms with E-state index in [1.54, 1.807) is 0 Å². The molecule has 5 heteroatoms.